The van der Waals surface area contributed by atoms with Gasteiger partial charge >= 0.3 is 6.18 Å². The maximum atomic E-state index is 12.7. The zero-order valence-electron chi connectivity index (χ0n) is 12.2. The number of thiophene rings is 1. The lowest BCUT2D eigenvalue weighted by Gasteiger charge is -2.26. The van der Waals surface area contributed by atoms with Gasteiger partial charge in [0.1, 0.15) is 0 Å². The van der Waals surface area contributed by atoms with Gasteiger partial charge in [0.15, 0.2) is 0 Å². The van der Waals surface area contributed by atoms with Crippen LogP contribution in [-0.4, -0.2) is 37.7 Å². The second-order valence-corrected chi connectivity index (χ2v) is 6.69. The molecule has 1 aliphatic rings. The number of hydrogen-bond donors (Lipinski definition) is 0. The van der Waals surface area contributed by atoms with Crippen molar-refractivity contribution in [1.82, 2.24) is 4.90 Å². The predicted octanol–water partition coefficient (Wildman–Crippen LogP) is 4.18. The van der Waals surface area contributed by atoms with Crippen LogP contribution in [0.25, 0.3) is 10.1 Å². The van der Waals surface area contributed by atoms with Crippen molar-refractivity contribution in [3.63, 3.8) is 0 Å². The molecule has 2 aromatic rings. The summed E-state index contributed by atoms with van der Waals surface area (Å²) in [5.74, 6) is 0. The van der Waals surface area contributed by atoms with Crippen LogP contribution < -0.4 is 0 Å². The molecule has 0 aliphatic carbocycles. The molecule has 1 aromatic carbocycles. The molecule has 0 radical (unpaired) electrons. The van der Waals surface area contributed by atoms with Gasteiger partial charge in [0.05, 0.1) is 18.8 Å². The molecule has 0 spiro atoms. The van der Waals surface area contributed by atoms with Crippen molar-refractivity contribution in [2.75, 3.05) is 32.8 Å². The van der Waals surface area contributed by atoms with Crippen molar-refractivity contribution in [2.45, 2.75) is 19.0 Å². The summed E-state index contributed by atoms with van der Waals surface area (Å²) < 4.78 is 44.2. The first kappa shape index (κ1) is 15.8. The van der Waals surface area contributed by atoms with Crippen molar-refractivity contribution in [1.29, 1.82) is 0 Å². The van der Waals surface area contributed by atoms with E-state index in [-0.39, 0.29) is 0 Å². The van der Waals surface area contributed by atoms with Gasteiger partial charge < -0.3 is 4.74 Å². The molecule has 1 saturated heterocycles. The molecule has 1 aliphatic heterocycles. The van der Waals surface area contributed by atoms with Gasteiger partial charge in [0, 0.05) is 22.7 Å². The quantitative estimate of drug-likeness (QED) is 0.834. The van der Waals surface area contributed by atoms with E-state index in [1.54, 1.807) is 6.07 Å². The van der Waals surface area contributed by atoms with Crippen LogP contribution in [0.4, 0.5) is 13.2 Å². The highest BCUT2D eigenvalue weighted by Gasteiger charge is 2.30. The maximum Gasteiger partial charge on any atom is 0.416 e. The van der Waals surface area contributed by atoms with E-state index >= 15 is 0 Å². The first-order valence-electron chi connectivity index (χ1n) is 7.42. The average molecular weight is 329 g/mol. The van der Waals surface area contributed by atoms with Crippen molar-refractivity contribution in [2.24, 2.45) is 0 Å². The minimum Gasteiger partial charge on any atom is -0.379 e. The molecule has 6 heteroatoms. The van der Waals surface area contributed by atoms with E-state index in [0.717, 1.165) is 66.7 Å². The molecule has 2 nitrogen and oxygen atoms in total. The zero-order chi connectivity index (χ0) is 15.6. The third kappa shape index (κ3) is 3.80. The molecule has 0 bridgehead atoms. The van der Waals surface area contributed by atoms with Gasteiger partial charge in [-0.15, -0.1) is 11.3 Å². The molecule has 0 saturated carbocycles. The summed E-state index contributed by atoms with van der Waals surface area (Å²) in [5.41, 5.74) is -0.568. The molecule has 1 aromatic heterocycles. The van der Waals surface area contributed by atoms with Crippen LogP contribution in [0.15, 0.2) is 24.3 Å². The lowest BCUT2D eigenvalue weighted by atomic mass is 10.1. The number of rotatable bonds is 4. The van der Waals surface area contributed by atoms with Crippen LogP contribution in [-0.2, 0) is 17.3 Å². The summed E-state index contributed by atoms with van der Waals surface area (Å²) in [5, 5.41) is 0.902. The highest BCUT2D eigenvalue weighted by molar-refractivity contribution is 7.19. The van der Waals surface area contributed by atoms with E-state index in [4.69, 9.17) is 4.74 Å². The summed E-state index contributed by atoms with van der Waals surface area (Å²) in [6, 6.07) is 6.00. The summed E-state index contributed by atoms with van der Waals surface area (Å²) in [4.78, 5) is 3.53. The van der Waals surface area contributed by atoms with Crippen LogP contribution in [0, 0.1) is 0 Å². The van der Waals surface area contributed by atoms with Crippen LogP contribution in [0.1, 0.15) is 16.9 Å². The van der Waals surface area contributed by atoms with Gasteiger partial charge in [-0.05, 0) is 43.0 Å². The minimum absolute atomic E-state index is 0.568. The Balaban J connectivity index is 1.62. The zero-order valence-corrected chi connectivity index (χ0v) is 13.0. The summed E-state index contributed by atoms with van der Waals surface area (Å²) in [6.45, 7) is 4.56. The maximum absolute atomic E-state index is 12.7. The number of nitrogens with zero attached hydrogens (tertiary/aromatic N) is 1. The molecule has 3 rings (SSSR count). The van der Waals surface area contributed by atoms with E-state index in [2.05, 4.69) is 4.90 Å². The predicted molar refractivity (Wildman–Crippen MR) is 82.4 cm³/mol. The lowest BCUT2D eigenvalue weighted by Crippen LogP contribution is -2.36. The smallest absolute Gasteiger partial charge is 0.379 e. The van der Waals surface area contributed by atoms with Crippen LogP contribution in [0.3, 0.4) is 0 Å². The number of hydrogen-bond acceptors (Lipinski definition) is 3. The molecule has 1 fully saturated rings. The van der Waals surface area contributed by atoms with Crippen molar-refractivity contribution in [3.05, 3.63) is 34.7 Å². The Labute approximate surface area is 131 Å². The van der Waals surface area contributed by atoms with Crippen molar-refractivity contribution < 1.29 is 17.9 Å². The lowest BCUT2D eigenvalue weighted by molar-refractivity contribution is -0.137. The number of alkyl halides is 3. The summed E-state index contributed by atoms with van der Waals surface area (Å²) in [7, 11) is 0. The van der Waals surface area contributed by atoms with Gasteiger partial charge in [0.2, 0.25) is 0 Å². The summed E-state index contributed by atoms with van der Waals surface area (Å²) >= 11 is 1.47. The van der Waals surface area contributed by atoms with Crippen molar-refractivity contribution >= 4 is 21.4 Å². The number of halogens is 3. The minimum atomic E-state index is -4.27. The molecule has 22 heavy (non-hydrogen) atoms. The Hall–Kier alpha value is -1.11. The fourth-order valence-electron chi connectivity index (χ4n) is 2.69. The molecule has 0 unspecified atom stereocenters. The fourth-order valence-corrected chi connectivity index (χ4v) is 3.83. The largest absolute Gasteiger partial charge is 0.416 e. The van der Waals surface area contributed by atoms with E-state index in [1.165, 1.54) is 17.4 Å². The first-order chi connectivity index (χ1) is 10.5. The van der Waals surface area contributed by atoms with Gasteiger partial charge in [-0.2, -0.15) is 13.2 Å². The Morgan fingerprint density at radius 1 is 1.14 bits per heavy atom. The fraction of sp³-hybridized carbons (Fsp3) is 0.500. The van der Waals surface area contributed by atoms with Crippen LogP contribution in [0.5, 0.6) is 0 Å². The third-order valence-electron chi connectivity index (χ3n) is 3.90. The SMILES string of the molecule is FC(F)(F)c1ccc2cc(CCCN3CCOCC3)sc2c1. The monoisotopic (exact) mass is 329 g/mol. The average Bonchev–Trinajstić information content (AvgIpc) is 2.89. The summed E-state index contributed by atoms with van der Waals surface area (Å²) in [6.07, 6.45) is -2.33. The number of aryl methyl sites for hydroxylation is 1. The molecular weight excluding hydrogens is 311 g/mol. The molecule has 120 valence electrons. The van der Waals surface area contributed by atoms with E-state index in [9.17, 15) is 13.2 Å². The third-order valence-corrected chi connectivity index (χ3v) is 5.06. The Morgan fingerprint density at radius 3 is 2.64 bits per heavy atom. The highest BCUT2D eigenvalue weighted by Crippen LogP contribution is 2.34. The van der Waals surface area contributed by atoms with Gasteiger partial charge in [-0.25, -0.2) is 0 Å². The molecular formula is C16H18F3NOS. The van der Waals surface area contributed by atoms with E-state index in [0.29, 0.717) is 0 Å². The normalized spacial score (nSPS) is 17.2. The molecule has 2 heterocycles. The van der Waals surface area contributed by atoms with Crippen LogP contribution >= 0.6 is 11.3 Å². The standard InChI is InChI=1S/C16H18F3NOS/c17-16(18,19)13-4-3-12-10-14(22-15(12)11-13)2-1-5-20-6-8-21-9-7-20/h3-4,10-11H,1-2,5-9H2. The van der Waals surface area contributed by atoms with Crippen LogP contribution in [0.2, 0.25) is 0 Å². The van der Waals surface area contributed by atoms with Crippen molar-refractivity contribution in [3.8, 4) is 0 Å². The van der Waals surface area contributed by atoms with Gasteiger partial charge in [-0.3, -0.25) is 4.90 Å². The van der Waals surface area contributed by atoms with Gasteiger partial charge in [-0.1, -0.05) is 6.07 Å². The molecule has 0 atom stereocenters. The number of morpholine rings is 1. The van der Waals surface area contributed by atoms with E-state index < -0.39 is 11.7 Å². The Bertz CT molecular complexity index is 632. The van der Waals surface area contributed by atoms with E-state index in [1.807, 2.05) is 6.07 Å². The van der Waals surface area contributed by atoms with Gasteiger partial charge in [0.25, 0.3) is 0 Å². The second-order valence-electron chi connectivity index (χ2n) is 5.52. The molecule has 0 amide bonds. The number of benzene rings is 1. The second kappa shape index (κ2) is 6.56. The first-order valence-corrected chi connectivity index (χ1v) is 8.24. The Morgan fingerprint density at radius 2 is 1.91 bits per heavy atom. The Kier molecular flexibility index (Phi) is 4.70. The highest BCUT2D eigenvalue weighted by atomic mass is 32.1. The topological polar surface area (TPSA) is 12.5 Å². The number of ether oxygens (including phenoxy) is 1. The number of fused-ring (bicyclic) bond motifs is 1. The molecule has 0 N–H and O–H groups in total.